The van der Waals surface area contributed by atoms with Gasteiger partial charge in [-0.1, -0.05) is 0 Å². The Hall–Kier alpha value is -0.420. The Morgan fingerprint density at radius 3 is 2.64 bits per heavy atom. The zero-order valence-electron chi connectivity index (χ0n) is 6.66. The number of hydrogen-bond acceptors (Lipinski definition) is 4. The van der Waals surface area contributed by atoms with Gasteiger partial charge in [-0.3, -0.25) is 8.98 Å². The van der Waals surface area contributed by atoms with E-state index in [1.807, 2.05) is 0 Å². The van der Waals surface area contributed by atoms with Gasteiger partial charge < -0.3 is 4.74 Å². The number of esters is 1. The van der Waals surface area contributed by atoms with Crippen LogP contribution >= 0.6 is 0 Å². The van der Waals surface area contributed by atoms with Gasteiger partial charge >= 0.3 is 5.97 Å². The predicted octanol–water partition coefficient (Wildman–Crippen LogP) is 0.250. The molecule has 0 bridgehead atoms. The van der Waals surface area contributed by atoms with Crippen molar-refractivity contribution in [1.29, 1.82) is 0 Å². The summed E-state index contributed by atoms with van der Waals surface area (Å²) in [4.78, 5) is 10.5. The molecule has 0 heterocycles. The molecule has 0 amide bonds. The summed E-state index contributed by atoms with van der Waals surface area (Å²) in [5.41, 5.74) is 0. The van der Waals surface area contributed by atoms with E-state index >= 15 is 0 Å². The molecule has 66 valence electrons. The first-order valence-corrected chi connectivity index (χ1v) is 4.53. The van der Waals surface area contributed by atoms with Crippen LogP contribution in [0.1, 0.15) is 13.3 Å². The molecule has 1 atom stereocenters. The Morgan fingerprint density at radius 2 is 2.18 bits per heavy atom. The zero-order valence-corrected chi connectivity index (χ0v) is 7.48. The second-order valence-electron chi connectivity index (χ2n) is 1.74. The maximum Gasteiger partial charge on any atom is 0.306 e. The molecular weight excluding hydrogens is 168 g/mol. The lowest BCUT2D eigenvalue weighted by molar-refractivity contribution is -0.140. The minimum atomic E-state index is -1.34. The smallest absolute Gasteiger partial charge is 0.306 e. The van der Waals surface area contributed by atoms with Crippen LogP contribution < -0.4 is 0 Å². The maximum atomic E-state index is 10.7. The fraction of sp³-hybridized carbons (Fsp3) is 0.833. The second-order valence-corrected chi connectivity index (χ2v) is 2.99. The summed E-state index contributed by atoms with van der Waals surface area (Å²) in [5.74, 6) is -0.154. The van der Waals surface area contributed by atoms with Gasteiger partial charge in [0.25, 0.3) is 0 Å². The van der Waals surface area contributed by atoms with Crippen LogP contribution in [-0.2, 0) is 24.8 Å². The minimum Gasteiger partial charge on any atom is -0.469 e. The molecule has 0 aromatic carbocycles. The van der Waals surface area contributed by atoms with E-state index in [9.17, 15) is 9.00 Å². The third kappa shape index (κ3) is 6.00. The highest BCUT2D eigenvalue weighted by Crippen LogP contribution is 1.91. The molecule has 0 aromatic rings. The van der Waals surface area contributed by atoms with Crippen molar-refractivity contribution in [3.05, 3.63) is 0 Å². The molecule has 4 nitrogen and oxygen atoms in total. The summed E-state index contributed by atoms with van der Waals surface area (Å²) in [7, 11) is 1.30. The predicted molar refractivity (Wildman–Crippen MR) is 41.3 cm³/mol. The van der Waals surface area contributed by atoms with Crippen molar-refractivity contribution in [1.82, 2.24) is 0 Å². The van der Waals surface area contributed by atoms with Gasteiger partial charge in [-0.15, -0.1) is 0 Å². The van der Waals surface area contributed by atoms with E-state index in [0.29, 0.717) is 6.61 Å². The van der Waals surface area contributed by atoms with Gasteiger partial charge in [0.1, 0.15) is 0 Å². The normalized spacial score (nSPS) is 12.5. The van der Waals surface area contributed by atoms with Crippen LogP contribution in [0, 0.1) is 0 Å². The van der Waals surface area contributed by atoms with Crippen LogP contribution in [0.15, 0.2) is 0 Å². The van der Waals surface area contributed by atoms with E-state index in [0.717, 1.165) is 0 Å². The molecule has 0 aliphatic heterocycles. The molecular formula is C6H12O4S. The summed E-state index contributed by atoms with van der Waals surface area (Å²) in [6.45, 7) is 2.14. The van der Waals surface area contributed by atoms with Crippen molar-refractivity contribution >= 4 is 17.0 Å². The zero-order chi connectivity index (χ0) is 8.69. The van der Waals surface area contributed by atoms with Gasteiger partial charge in [0, 0.05) is 0 Å². The molecule has 5 heteroatoms. The Balaban J connectivity index is 3.38. The third-order valence-electron chi connectivity index (χ3n) is 0.950. The third-order valence-corrected chi connectivity index (χ3v) is 1.99. The first-order chi connectivity index (χ1) is 5.20. The fourth-order valence-electron chi connectivity index (χ4n) is 0.459. The van der Waals surface area contributed by atoms with E-state index in [1.165, 1.54) is 7.11 Å². The van der Waals surface area contributed by atoms with E-state index in [-0.39, 0.29) is 18.1 Å². The summed E-state index contributed by atoms with van der Waals surface area (Å²) in [5, 5.41) is 0. The number of ether oxygens (including phenoxy) is 1. The van der Waals surface area contributed by atoms with Crippen molar-refractivity contribution in [2.24, 2.45) is 0 Å². The molecule has 1 unspecified atom stereocenters. The minimum absolute atomic E-state index is 0.142. The number of carbonyl (C=O) groups is 1. The number of hydrogen-bond donors (Lipinski definition) is 0. The molecule has 0 fully saturated rings. The number of carbonyl (C=O) groups excluding carboxylic acids is 1. The van der Waals surface area contributed by atoms with E-state index in [4.69, 9.17) is 4.18 Å². The molecule has 0 aliphatic rings. The summed E-state index contributed by atoms with van der Waals surface area (Å²) >= 11 is -1.34. The molecule has 0 aromatic heterocycles. The summed E-state index contributed by atoms with van der Waals surface area (Å²) in [6.07, 6.45) is 0.142. The van der Waals surface area contributed by atoms with E-state index in [1.54, 1.807) is 6.92 Å². The van der Waals surface area contributed by atoms with Crippen molar-refractivity contribution < 1.29 is 17.9 Å². The highest BCUT2D eigenvalue weighted by Gasteiger charge is 2.04. The standard InChI is InChI=1S/C6H12O4S/c1-3-10-11(8)5-4-6(7)9-2/h3-5H2,1-2H3. The highest BCUT2D eigenvalue weighted by atomic mass is 32.2. The lowest BCUT2D eigenvalue weighted by Gasteiger charge is -1.98. The Kier molecular flexibility index (Phi) is 6.06. The molecule has 0 N–H and O–H groups in total. The number of rotatable bonds is 5. The van der Waals surface area contributed by atoms with Crippen LogP contribution in [0.2, 0.25) is 0 Å². The van der Waals surface area contributed by atoms with Crippen LogP contribution in [0.25, 0.3) is 0 Å². The number of methoxy groups -OCH3 is 1. The Morgan fingerprint density at radius 1 is 1.55 bits per heavy atom. The average Bonchev–Trinajstić information content (AvgIpc) is 2.01. The SMILES string of the molecule is CCOS(=O)CCC(=O)OC. The largest absolute Gasteiger partial charge is 0.469 e. The van der Waals surface area contributed by atoms with Crippen LogP contribution in [-0.4, -0.2) is 29.6 Å². The first-order valence-electron chi connectivity index (χ1n) is 3.29. The molecule has 0 aliphatic carbocycles. The molecule has 0 rings (SSSR count). The lowest BCUT2D eigenvalue weighted by Crippen LogP contribution is -2.08. The highest BCUT2D eigenvalue weighted by molar-refractivity contribution is 7.80. The van der Waals surface area contributed by atoms with Gasteiger partial charge in [-0.2, -0.15) is 0 Å². The maximum absolute atomic E-state index is 10.7. The fourth-order valence-corrected chi connectivity index (χ4v) is 1.17. The molecule has 0 radical (unpaired) electrons. The topological polar surface area (TPSA) is 52.6 Å². The first kappa shape index (κ1) is 10.6. The van der Waals surface area contributed by atoms with Gasteiger partial charge in [0.15, 0.2) is 11.1 Å². The molecule has 11 heavy (non-hydrogen) atoms. The molecule has 0 saturated carbocycles. The summed E-state index contributed by atoms with van der Waals surface area (Å²) in [6, 6.07) is 0. The molecule has 0 saturated heterocycles. The van der Waals surface area contributed by atoms with Crippen molar-refractivity contribution in [2.75, 3.05) is 19.5 Å². The second kappa shape index (κ2) is 6.30. The monoisotopic (exact) mass is 180 g/mol. The van der Waals surface area contributed by atoms with Gasteiger partial charge in [-0.25, -0.2) is 4.21 Å². The van der Waals surface area contributed by atoms with Crippen molar-refractivity contribution in [3.63, 3.8) is 0 Å². The quantitative estimate of drug-likeness (QED) is 0.569. The lowest BCUT2D eigenvalue weighted by atomic mass is 10.5. The van der Waals surface area contributed by atoms with Gasteiger partial charge in [-0.05, 0) is 6.92 Å². The van der Waals surface area contributed by atoms with Gasteiger partial charge in [0.05, 0.1) is 25.9 Å². The van der Waals surface area contributed by atoms with Crippen LogP contribution in [0.4, 0.5) is 0 Å². The molecule has 0 spiro atoms. The van der Waals surface area contributed by atoms with Crippen molar-refractivity contribution in [2.45, 2.75) is 13.3 Å². The Bertz CT molecular complexity index is 146. The van der Waals surface area contributed by atoms with E-state index < -0.39 is 11.1 Å². The van der Waals surface area contributed by atoms with Crippen molar-refractivity contribution in [3.8, 4) is 0 Å². The van der Waals surface area contributed by atoms with Crippen LogP contribution in [0.5, 0.6) is 0 Å². The summed E-state index contributed by atoms with van der Waals surface area (Å²) < 4.78 is 19.8. The average molecular weight is 180 g/mol. The van der Waals surface area contributed by atoms with Gasteiger partial charge in [0.2, 0.25) is 0 Å². The van der Waals surface area contributed by atoms with E-state index in [2.05, 4.69) is 4.74 Å². The Labute approximate surface area is 68.5 Å². The van der Waals surface area contributed by atoms with Crippen LogP contribution in [0.3, 0.4) is 0 Å².